The van der Waals surface area contributed by atoms with Crippen LogP contribution < -0.4 is 0 Å². The Morgan fingerprint density at radius 3 is 2.62 bits per heavy atom. The fourth-order valence-electron chi connectivity index (χ4n) is 2.67. The standard InChI is InChI=1S/C17H21F2N3O2/c1-10(17(23)24)8-21(4)9-14-11(2)20-22(12(14)3)16-6-5-13(18)7-15(16)19/h5-7,10H,8-9H2,1-4H3,(H,23,24). The Bertz CT molecular complexity index is 759. The van der Waals surface area contributed by atoms with E-state index in [4.69, 9.17) is 5.11 Å². The third-order valence-corrected chi connectivity index (χ3v) is 4.01. The van der Waals surface area contributed by atoms with E-state index in [0.29, 0.717) is 13.1 Å². The molecule has 7 heteroatoms. The molecule has 0 saturated carbocycles. The van der Waals surface area contributed by atoms with Crippen molar-refractivity contribution in [1.82, 2.24) is 14.7 Å². The highest BCUT2D eigenvalue weighted by Gasteiger charge is 2.19. The van der Waals surface area contributed by atoms with Gasteiger partial charge in [-0.3, -0.25) is 4.79 Å². The first kappa shape index (κ1) is 18.1. The summed E-state index contributed by atoms with van der Waals surface area (Å²) in [7, 11) is 1.83. The van der Waals surface area contributed by atoms with Crippen molar-refractivity contribution in [2.45, 2.75) is 27.3 Å². The van der Waals surface area contributed by atoms with Gasteiger partial charge in [0, 0.05) is 30.4 Å². The maximum atomic E-state index is 14.0. The molecule has 1 aromatic carbocycles. The molecule has 5 nitrogen and oxygen atoms in total. The fraction of sp³-hybridized carbons (Fsp3) is 0.412. The number of aliphatic carboxylic acids is 1. The fourth-order valence-corrected chi connectivity index (χ4v) is 2.67. The number of nitrogens with zero attached hydrogens (tertiary/aromatic N) is 3. The van der Waals surface area contributed by atoms with Gasteiger partial charge in [-0.2, -0.15) is 5.10 Å². The lowest BCUT2D eigenvalue weighted by Crippen LogP contribution is -2.28. The summed E-state index contributed by atoms with van der Waals surface area (Å²) < 4.78 is 28.5. The van der Waals surface area contributed by atoms with Gasteiger partial charge in [-0.05, 0) is 33.0 Å². The molecule has 0 spiro atoms. The van der Waals surface area contributed by atoms with Crippen LogP contribution in [0.1, 0.15) is 23.9 Å². The largest absolute Gasteiger partial charge is 0.481 e. The number of carbonyl (C=O) groups is 1. The van der Waals surface area contributed by atoms with Crippen LogP contribution in [0.3, 0.4) is 0 Å². The van der Waals surface area contributed by atoms with Crippen LogP contribution in [0.25, 0.3) is 5.69 Å². The minimum absolute atomic E-state index is 0.185. The second kappa shape index (κ2) is 7.09. The van der Waals surface area contributed by atoms with Gasteiger partial charge in [0.05, 0.1) is 11.6 Å². The zero-order chi connectivity index (χ0) is 18.0. The molecule has 0 aliphatic carbocycles. The zero-order valence-electron chi connectivity index (χ0n) is 14.2. The Labute approximate surface area is 139 Å². The topological polar surface area (TPSA) is 58.4 Å². The van der Waals surface area contributed by atoms with Crippen molar-refractivity contribution < 1.29 is 18.7 Å². The number of hydrogen-bond acceptors (Lipinski definition) is 3. The van der Waals surface area contributed by atoms with E-state index in [9.17, 15) is 13.6 Å². The van der Waals surface area contributed by atoms with Crippen LogP contribution >= 0.6 is 0 Å². The number of halogens is 2. The molecule has 1 N–H and O–H groups in total. The zero-order valence-corrected chi connectivity index (χ0v) is 14.2. The highest BCUT2D eigenvalue weighted by atomic mass is 19.1. The third kappa shape index (κ3) is 3.79. The molecular weight excluding hydrogens is 316 g/mol. The quantitative estimate of drug-likeness (QED) is 0.880. The van der Waals surface area contributed by atoms with Crippen LogP contribution in [-0.2, 0) is 11.3 Å². The lowest BCUT2D eigenvalue weighted by Gasteiger charge is -2.19. The van der Waals surface area contributed by atoms with E-state index in [-0.39, 0.29) is 5.69 Å². The Kier molecular flexibility index (Phi) is 5.33. The number of carboxylic acid groups (broad SMARTS) is 1. The average Bonchev–Trinajstić information content (AvgIpc) is 2.75. The number of rotatable bonds is 6. The molecule has 2 aromatic rings. The van der Waals surface area contributed by atoms with Crippen molar-refractivity contribution >= 4 is 5.97 Å². The van der Waals surface area contributed by atoms with Crippen molar-refractivity contribution in [3.05, 3.63) is 46.8 Å². The summed E-state index contributed by atoms with van der Waals surface area (Å²) >= 11 is 0. The minimum Gasteiger partial charge on any atom is -0.481 e. The van der Waals surface area contributed by atoms with Gasteiger partial charge in [0.1, 0.15) is 11.5 Å². The minimum atomic E-state index is -0.848. The first-order valence-corrected chi connectivity index (χ1v) is 7.62. The lowest BCUT2D eigenvalue weighted by molar-refractivity contribution is -0.141. The van der Waals surface area contributed by atoms with E-state index in [0.717, 1.165) is 23.0 Å². The van der Waals surface area contributed by atoms with Crippen molar-refractivity contribution in [3.63, 3.8) is 0 Å². The van der Waals surface area contributed by atoms with Crippen molar-refractivity contribution in [2.24, 2.45) is 5.92 Å². The predicted molar refractivity (Wildman–Crippen MR) is 86.1 cm³/mol. The van der Waals surface area contributed by atoms with Crippen molar-refractivity contribution in [2.75, 3.05) is 13.6 Å². The molecule has 130 valence electrons. The molecule has 0 bridgehead atoms. The van der Waals surface area contributed by atoms with Gasteiger partial charge >= 0.3 is 5.97 Å². The van der Waals surface area contributed by atoms with Crippen LogP contribution in [0.4, 0.5) is 8.78 Å². The molecule has 0 aliphatic heterocycles. The molecule has 1 atom stereocenters. The summed E-state index contributed by atoms with van der Waals surface area (Å²) in [5.74, 6) is -2.65. The smallest absolute Gasteiger partial charge is 0.307 e. The van der Waals surface area contributed by atoms with Gasteiger partial charge in [-0.25, -0.2) is 13.5 Å². The van der Waals surface area contributed by atoms with E-state index in [1.165, 1.54) is 16.8 Å². The van der Waals surface area contributed by atoms with E-state index in [1.807, 2.05) is 25.8 Å². The third-order valence-electron chi connectivity index (χ3n) is 4.01. The highest BCUT2D eigenvalue weighted by Crippen LogP contribution is 2.22. The van der Waals surface area contributed by atoms with Crippen LogP contribution in [0, 0.1) is 31.4 Å². The molecule has 24 heavy (non-hydrogen) atoms. The van der Waals surface area contributed by atoms with Gasteiger partial charge < -0.3 is 10.0 Å². The molecule has 0 radical (unpaired) electrons. The van der Waals surface area contributed by atoms with Crippen molar-refractivity contribution in [3.8, 4) is 5.69 Å². The summed E-state index contributed by atoms with van der Waals surface area (Å²) in [4.78, 5) is 12.8. The van der Waals surface area contributed by atoms with Gasteiger partial charge in [0.25, 0.3) is 0 Å². The number of carboxylic acids is 1. The van der Waals surface area contributed by atoms with Gasteiger partial charge in [0.2, 0.25) is 0 Å². The summed E-state index contributed by atoms with van der Waals surface area (Å²) in [6.07, 6.45) is 0. The molecule has 0 amide bonds. The second-order valence-corrected chi connectivity index (χ2v) is 6.09. The molecule has 1 unspecified atom stereocenters. The number of hydrogen-bond donors (Lipinski definition) is 1. The molecule has 1 aromatic heterocycles. The maximum Gasteiger partial charge on any atom is 0.307 e. The number of aryl methyl sites for hydroxylation is 1. The average molecular weight is 337 g/mol. The second-order valence-electron chi connectivity index (χ2n) is 6.09. The Hall–Kier alpha value is -2.28. The summed E-state index contributed by atoms with van der Waals surface area (Å²) in [6.45, 7) is 6.17. The Morgan fingerprint density at radius 2 is 2.04 bits per heavy atom. The molecule has 1 heterocycles. The van der Waals surface area contributed by atoms with E-state index < -0.39 is 23.5 Å². The molecular formula is C17H21F2N3O2. The highest BCUT2D eigenvalue weighted by molar-refractivity contribution is 5.69. The first-order chi connectivity index (χ1) is 11.2. The van der Waals surface area contributed by atoms with Gasteiger partial charge in [-0.1, -0.05) is 6.92 Å². The van der Waals surface area contributed by atoms with Crippen molar-refractivity contribution in [1.29, 1.82) is 0 Å². The summed E-state index contributed by atoms with van der Waals surface area (Å²) in [5.41, 5.74) is 2.56. The SMILES string of the molecule is Cc1nn(-c2ccc(F)cc2F)c(C)c1CN(C)CC(C)C(=O)O. The summed E-state index contributed by atoms with van der Waals surface area (Å²) in [6, 6.07) is 3.37. The van der Waals surface area contributed by atoms with Crippen LogP contribution in [-0.4, -0.2) is 39.3 Å². The monoisotopic (exact) mass is 337 g/mol. The van der Waals surface area contributed by atoms with Crippen LogP contribution in [0.2, 0.25) is 0 Å². The van der Waals surface area contributed by atoms with E-state index >= 15 is 0 Å². The van der Waals surface area contributed by atoms with Crippen LogP contribution in [0.15, 0.2) is 18.2 Å². The van der Waals surface area contributed by atoms with Gasteiger partial charge in [-0.15, -0.1) is 0 Å². The number of benzene rings is 1. The van der Waals surface area contributed by atoms with Gasteiger partial charge in [0.15, 0.2) is 5.82 Å². The molecule has 0 aliphatic rings. The first-order valence-electron chi connectivity index (χ1n) is 7.62. The van der Waals surface area contributed by atoms with Crippen LogP contribution in [0.5, 0.6) is 0 Å². The normalized spacial score (nSPS) is 12.6. The maximum absolute atomic E-state index is 14.0. The lowest BCUT2D eigenvalue weighted by atomic mass is 10.1. The number of aromatic nitrogens is 2. The molecule has 2 rings (SSSR count). The predicted octanol–water partition coefficient (Wildman–Crippen LogP) is 2.92. The van der Waals surface area contributed by atoms with E-state index in [1.54, 1.807) is 6.92 Å². The molecule has 0 saturated heterocycles. The molecule has 0 fully saturated rings. The summed E-state index contributed by atoms with van der Waals surface area (Å²) in [5, 5.41) is 13.3. The Balaban J connectivity index is 2.27. The van der Waals surface area contributed by atoms with E-state index in [2.05, 4.69) is 5.10 Å². The Morgan fingerprint density at radius 1 is 1.38 bits per heavy atom.